The number of aromatic nitrogens is 3. The molecule has 2 aliphatic rings. The Morgan fingerprint density at radius 3 is 2.43 bits per heavy atom. The van der Waals surface area contributed by atoms with E-state index in [9.17, 15) is 14.4 Å². The maximum Gasteiger partial charge on any atom is 0.331 e. The summed E-state index contributed by atoms with van der Waals surface area (Å²) >= 11 is 6.53. The molecule has 1 aromatic carbocycles. The van der Waals surface area contributed by atoms with Crippen LogP contribution >= 0.6 is 11.6 Å². The quantitative estimate of drug-likeness (QED) is 0.592. The lowest BCUT2D eigenvalue weighted by molar-refractivity contribution is 0.0794. The molecular formula is C25H31ClN6O3. The van der Waals surface area contributed by atoms with E-state index in [1.807, 2.05) is 33.7 Å². The third-order valence-corrected chi connectivity index (χ3v) is 7.65. The molecule has 10 heteroatoms. The lowest BCUT2D eigenvalue weighted by Gasteiger charge is -2.34. The SMILES string of the molecule is Cn1c(=O)c2c(c(C(=O)N3CCCC3)c(N3CCC[C@@H](N)C3)n2Cc2ccccc2Cl)n(C)c1=O. The van der Waals surface area contributed by atoms with Crippen molar-refractivity contribution in [2.75, 3.05) is 31.1 Å². The van der Waals surface area contributed by atoms with Gasteiger partial charge in [0.1, 0.15) is 16.9 Å². The monoisotopic (exact) mass is 498 g/mol. The Balaban J connectivity index is 1.87. The Morgan fingerprint density at radius 2 is 1.74 bits per heavy atom. The molecule has 2 aliphatic heterocycles. The van der Waals surface area contributed by atoms with Crippen LogP contribution in [0.25, 0.3) is 11.0 Å². The van der Waals surface area contributed by atoms with Crippen molar-refractivity contribution in [2.24, 2.45) is 19.8 Å². The number of fused-ring (bicyclic) bond motifs is 1. The smallest absolute Gasteiger partial charge is 0.331 e. The molecule has 0 bridgehead atoms. The number of halogens is 1. The van der Waals surface area contributed by atoms with Gasteiger partial charge >= 0.3 is 5.69 Å². The number of carbonyl (C=O) groups excluding carboxylic acids is 1. The standard InChI is InChI=1S/C25H31ClN6O3/c1-28-20-19(23(33)30-11-5-6-12-30)22(31-13-7-9-17(27)15-31)32(14-16-8-3-4-10-18(16)26)21(20)24(34)29(2)25(28)35/h3-4,8,10,17H,5-7,9,11-15,27H2,1-2H3/t17-/m1/s1. The fraction of sp³-hybridized carbons (Fsp3) is 0.480. The Morgan fingerprint density at radius 1 is 1.03 bits per heavy atom. The molecule has 186 valence electrons. The zero-order valence-electron chi connectivity index (χ0n) is 20.2. The molecule has 0 unspecified atom stereocenters. The van der Waals surface area contributed by atoms with Crippen molar-refractivity contribution in [2.45, 2.75) is 38.3 Å². The molecule has 2 fully saturated rings. The second-order valence-corrected chi connectivity index (χ2v) is 10.0. The van der Waals surface area contributed by atoms with Crippen molar-refractivity contribution in [1.82, 2.24) is 18.6 Å². The highest BCUT2D eigenvalue weighted by Gasteiger charge is 2.35. The molecule has 0 aliphatic carbocycles. The van der Waals surface area contributed by atoms with Crippen LogP contribution in [0.1, 0.15) is 41.6 Å². The summed E-state index contributed by atoms with van der Waals surface area (Å²) in [6.45, 7) is 2.88. The zero-order valence-corrected chi connectivity index (χ0v) is 20.9. The van der Waals surface area contributed by atoms with Crippen molar-refractivity contribution in [3.8, 4) is 0 Å². The minimum atomic E-state index is -0.463. The maximum atomic E-state index is 14.0. The van der Waals surface area contributed by atoms with Gasteiger partial charge in [-0.05, 0) is 37.3 Å². The van der Waals surface area contributed by atoms with Gasteiger partial charge in [-0.15, -0.1) is 0 Å². The van der Waals surface area contributed by atoms with Gasteiger partial charge in [-0.3, -0.25) is 18.7 Å². The third kappa shape index (κ3) is 3.96. The van der Waals surface area contributed by atoms with Gasteiger partial charge < -0.3 is 20.1 Å². The van der Waals surface area contributed by atoms with E-state index in [4.69, 9.17) is 17.3 Å². The molecule has 4 heterocycles. The summed E-state index contributed by atoms with van der Waals surface area (Å²) in [5, 5.41) is 0.574. The summed E-state index contributed by atoms with van der Waals surface area (Å²) in [4.78, 5) is 44.5. The van der Waals surface area contributed by atoms with Gasteiger partial charge in [0.05, 0.1) is 12.1 Å². The van der Waals surface area contributed by atoms with Gasteiger partial charge in [0.2, 0.25) is 0 Å². The van der Waals surface area contributed by atoms with E-state index >= 15 is 0 Å². The predicted molar refractivity (Wildman–Crippen MR) is 138 cm³/mol. The normalized spacial score (nSPS) is 18.6. The van der Waals surface area contributed by atoms with Crippen LogP contribution in [0.2, 0.25) is 5.02 Å². The number of amides is 1. The molecule has 2 aromatic heterocycles. The lowest BCUT2D eigenvalue weighted by Crippen LogP contribution is -2.44. The van der Waals surface area contributed by atoms with E-state index in [-0.39, 0.29) is 18.5 Å². The van der Waals surface area contributed by atoms with Gasteiger partial charge in [0.25, 0.3) is 11.5 Å². The molecule has 5 rings (SSSR count). The van der Waals surface area contributed by atoms with Crippen molar-refractivity contribution in [3.63, 3.8) is 0 Å². The molecular weight excluding hydrogens is 468 g/mol. The fourth-order valence-corrected chi connectivity index (χ4v) is 5.66. The maximum absolute atomic E-state index is 14.0. The Kier molecular flexibility index (Phi) is 6.23. The van der Waals surface area contributed by atoms with Crippen LogP contribution < -0.4 is 21.9 Å². The number of hydrogen-bond acceptors (Lipinski definition) is 5. The van der Waals surface area contributed by atoms with Crippen molar-refractivity contribution in [3.05, 3.63) is 61.3 Å². The van der Waals surface area contributed by atoms with Crippen LogP contribution in [-0.2, 0) is 20.6 Å². The Bertz CT molecular complexity index is 1420. The number of hydrogen-bond donors (Lipinski definition) is 1. The van der Waals surface area contributed by atoms with Crippen LogP contribution in [0.4, 0.5) is 5.82 Å². The first-order chi connectivity index (χ1) is 16.8. The molecule has 1 amide bonds. The number of aryl methyl sites for hydroxylation is 1. The van der Waals surface area contributed by atoms with E-state index in [2.05, 4.69) is 4.90 Å². The molecule has 35 heavy (non-hydrogen) atoms. The predicted octanol–water partition coefficient (Wildman–Crippen LogP) is 1.90. The highest BCUT2D eigenvalue weighted by molar-refractivity contribution is 6.31. The molecule has 2 N–H and O–H groups in total. The summed E-state index contributed by atoms with van der Waals surface area (Å²) in [6, 6.07) is 7.43. The number of carbonyl (C=O) groups is 1. The molecule has 2 saturated heterocycles. The third-order valence-electron chi connectivity index (χ3n) is 7.28. The summed E-state index contributed by atoms with van der Waals surface area (Å²) < 4.78 is 4.40. The van der Waals surface area contributed by atoms with Gasteiger partial charge in [-0.1, -0.05) is 29.8 Å². The number of likely N-dealkylation sites (tertiary alicyclic amines) is 1. The number of piperidine rings is 1. The topological polar surface area (TPSA) is 98.5 Å². The highest BCUT2D eigenvalue weighted by Crippen LogP contribution is 2.35. The Labute approximate surface area is 208 Å². The first-order valence-corrected chi connectivity index (χ1v) is 12.5. The van der Waals surface area contributed by atoms with Crippen LogP contribution in [0.3, 0.4) is 0 Å². The minimum Gasteiger partial charge on any atom is -0.356 e. The number of benzene rings is 1. The average molecular weight is 499 g/mol. The average Bonchev–Trinajstić information content (AvgIpc) is 3.49. The van der Waals surface area contributed by atoms with Crippen molar-refractivity contribution >= 4 is 34.4 Å². The van der Waals surface area contributed by atoms with Crippen molar-refractivity contribution in [1.29, 1.82) is 0 Å². The van der Waals surface area contributed by atoms with E-state index in [1.54, 1.807) is 7.05 Å². The minimum absolute atomic E-state index is 0.0445. The highest BCUT2D eigenvalue weighted by atomic mass is 35.5. The lowest BCUT2D eigenvalue weighted by atomic mass is 10.1. The number of anilines is 1. The Hall–Kier alpha value is -3.04. The van der Waals surface area contributed by atoms with Crippen LogP contribution in [0.5, 0.6) is 0 Å². The van der Waals surface area contributed by atoms with E-state index < -0.39 is 11.2 Å². The van der Waals surface area contributed by atoms with Gasteiger partial charge in [0, 0.05) is 51.3 Å². The largest absolute Gasteiger partial charge is 0.356 e. The fourth-order valence-electron chi connectivity index (χ4n) is 5.46. The second kappa shape index (κ2) is 9.20. The number of rotatable bonds is 4. The van der Waals surface area contributed by atoms with Gasteiger partial charge in [-0.2, -0.15) is 0 Å². The molecule has 9 nitrogen and oxygen atoms in total. The molecule has 0 saturated carbocycles. The van der Waals surface area contributed by atoms with Gasteiger partial charge in [0.15, 0.2) is 0 Å². The van der Waals surface area contributed by atoms with Gasteiger partial charge in [-0.25, -0.2) is 4.79 Å². The summed E-state index contributed by atoms with van der Waals surface area (Å²) in [7, 11) is 3.09. The summed E-state index contributed by atoms with van der Waals surface area (Å²) in [5.74, 6) is 0.494. The number of nitrogens with zero attached hydrogens (tertiary/aromatic N) is 5. The molecule has 1 atom stereocenters. The molecule has 3 aromatic rings. The molecule has 0 spiro atoms. The zero-order chi connectivity index (χ0) is 24.9. The first-order valence-electron chi connectivity index (χ1n) is 12.1. The van der Waals surface area contributed by atoms with E-state index in [1.165, 1.54) is 11.6 Å². The summed E-state index contributed by atoms with van der Waals surface area (Å²) in [6.07, 6.45) is 3.66. The second-order valence-electron chi connectivity index (χ2n) is 9.63. The van der Waals surface area contributed by atoms with E-state index in [0.29, 0.717) is 53.6 Å². The summed E-state index contributed by atoms with van der Waals surface area (Å²) in [5.41, 5.74) is 7.38. The molecule has 0 radical (unpaired) electrons. The van der Waals surface area contributed by atoms with Crippen LogP contribution in [-0.4, -0.2) is 56.7 Å². The van der Waals surface area contributed by atoms with Crippen LogP contribution in [0.15, 0.2) is 33.9 Å². The number of nitrogens with two attached hydrogens (primary N) is 1. The van der Waals surface area contributed by atoms with E-state index in [0.717, 1.165) is 35.8 Å². The van der Waals surface area contributed by atoms with Crippen LogP contribution in [0, 0.1) is 0 Å². The van der Waals surface area contributed by atoms with Crippen molar-refractivity contribution < 1.29 is 4.79 Å². The first kappa shape index (κ1) is 23.7.